The highest BCUT2D eigenvalue weighted by atomic mass is 35.5. The molecule has 1 aliphatic rings. The number of amides is 1. The molecule has 0 spiro atoms. The largest absolute Gasteiger partial charge is 0.381 e. The van der Waals surface area contributed by atoms with Crippen molar-refractivity contribution in [2.45, 2.75) is 12.8 Å². The summed E-state index contributed by atoms with van der Waals surface area (Å²) in [6, 6.07) is 1.09. The van der Waals surface area contributed by atoms with Gasteiger partial charge in [-0.3, -0.25) is 4.79 Å². The maximum Gasteiger partial charge on any atom is 0.252 e. The Kier molecular flexibility index (Phi) is 4.49. The van der Waals surface area contributed by atoms with Crippen molar-refractivity contribution in [3.05, 3.63) is 28.8 Å². The lowest BCUT2D eigenvalue weighted by atomic mass is 10.0. The number of pyridine rings is 1. The van der Waals surface area contributed by atoms with Crippen LogP contribution < -0.4 is 5.32 Å². The fourth-order valence-corrected chi connectivity index (χ4v) is 1.96. The minimum Gasteiger partial charge on any atom is -0.381 e. The van der Waals surface area contributed by atoms with Crippen LogP contribution in [0, 0.1) is 11.7 Å². The maximum absolute atomic E-state index is 13.1. The molecule has 1 amide bonds. The third-order valence-corrected chi connectivity index (χ3v) is 3.14. The molecule has 1 fully saturated rings. The normalized spacial score (nSPS) is 19.6. The van der Waals surface area contributed by atoms with Gasteiger partial charge in [0.15, 0.2) is 11.0 Å². The van der Waals surface area contributed by atoms with Gasteiger partial charge < -0.3 is 10.1 Å². The summed E-state index contributed by atoms with van der Waals surface area (Å²) >= 11 is 5.45. The van der Waals surface area contributed by atoms with E-state index in [2.05, 4.69) is 10.3 Å². The molecule has 0 aromatic carbocycles. The van der Waals surface area contributed by atoms with Crippen molar-refractivity contribution >= 4 is 17.5 Å². The number of hydrogen-bond donors (Lipinski definition) is 1. The number of halogens is 2. The fourth-order valence-electron chi connectivity index (χ4n) is 1.85. The molecule has 2 rings (SSSR count). The van der Waals surface area contributed by atoms with E-state index in [1.807, 2.05) is 0 Å². The van der Waals surface area contributed by atoms with Gasteiger partial charge in [0.1, 0.15) is 0 Å². The lowest BCUT2D eigenvalue weighted by Gasteiger charge is -2.22. The van der Waals surface area contributed by atoms with Crippen LogP contribution >= 0.6 is 11.6 Å². The van der Waals surface area contributed by atoms with Crippen LogP contribution in [0.15, 0.2) is 12.3 Å². The van der Waals surface area contributed by atoms with Crippen molar-refractivity contribution in [2.24, 2.45) is 5.92 Å². The Morgan fingerprint density at radius 2 is 2.50 bits per heavy atom. The monoisotopic (exact) mass is 272 g/mol. The molecule has 0 bridgehead atoms. The Hall–Kier alpha value is -1.20. The van der Waals surface area contributed by atoms with Crippen molar-refractivity contribution in [1.82, 2.24) is 10.3 Å². The summed E-state index contributed by atoms with van der Waals surface area (Å²) in [7, 11) is 0. The van der Waals surface area contributed by atoms with E-state index >= 15 is 0 Å². The van der Waals surface area contributed by atoms with Crippen molar-refractivity contribution in [3.8, 4) is 0 Å². The number of nitrogens with one attached hydrogen (secondary N) is 1. The number of hydrogen-bond acceptors (Lipinski definition) is 3. The Morgan fingerprint density at radius 3 is 3.17 bits per heavy atom. The molecule has 0 aliphatic carbocycles. The minimum absolute atomic E-state index is 0.175. The van der Waals surface area contributed by atoms with Gasteiger partial charge in [-0.1, -0.05) is 11.6 Å². The highest BCUT2D eigenvalue weighted by Crippen LogP contribution is 2.14. The maximum atomic E-state index is 13.1. The highest BCUT2D eigenvalue weighted by molar-refractivity contribution is 6.29. The van der Waals surface area contributed by atoms with E-state index in [4.69, 9.17) is 16.3 Å². The first-order chi connectivity index (χ1) is 8.66. The molecule has 1 N–H and O–H groups in total. The SMILES string of the molecule is O=C(NC[C@@H]1CCCOC1)c1cnc(Cl)c(F)c1. The van der Waals surface area contributed by atoms with Crippen molar-refractivity contribution in [2.75, 3.05) is 19.8 Å². The van der Waals surface area contributed by atoms with E-state index < -0.39 is 5.82 Å². The summed E-state index contributed by atoms with van der Waals surface area (Å²) in [6.45, 7) is 1.98. The molecule has 6 heteroatoms. The predicted octanol–water partition coefficient (Wildman–Crippen LogP) is 2.03. The van der Waals surface area contributed by atoms with Crippen LogP contribution in [0.2, 0.25) is 5.15 Å². The molecular formula is C12H14ClFN2O2. The summed E-state index contributed by atoms with van der Waals surface area (Å²) in [5, 5.41) is 2.52. The second-order valence-corrected chi connectivity index (χ2v) is 4.65. The second kappa shape index (κ2) is 6.11. The van der Waals surface area contributed by atoms with Crippen molar-refractivity contribution in [1.29, 1.82) is 0 Å². The highest BCUT2D eigenvalue weighted by Gasteiger charge is 2.16. The molecule has 4 nitrogen and oxygen atoms in total. The first-order valence-corrected chi connectivity index (χ1v) is 6.21. The molecule has 1 atom stereocenters. The lowest BCUT2D eigenvalue weighted by molar-refractivity contribution is 0.0536. The third kappa shape index (κ3) is 3.40. The van der Waals surface area contributed by atoms with Gasteiger partial charge >= 0.3 is 0 Å². The zero-order valence-corrected chi connectivity index (χ0v) is 10.5. The smallest absolute Gasteiger partial charge is 0.252 e. The Bertz CT molecular complexity index is 436. The number of carbonyl (C=O) groups excluding carboxylic acids is 1. The second-order valence-electron chi connectivity index (χ2n) is 4.29. The summed E-state index contributed by atoms with van der Waals surface area (Å²) in [5.41, 5.74) is 0.175. The van der Waals surface area contributed by atoms with E-state index in [9.17, 15) is 9.18 Å². The van der Waals surface area contributed by atoms with E-state index in [-0.39, 0.29) is 16.6 Å². The van der Waals surface area contributed by atoms with E-state index in [1.54, 1.807) is 0 Å². The average molecular weight is 273 g/mol. The summed E-state index contributed by atoms with van der Waals surface area (Å²) in [4.78, 5) is 15.3. The van der Waals surface area contributed by atoms with Crippen LogP contribution in [0.25, 0.3) is 0 Å². The molecular weight excluding hydrogens is 259 g/mol. The zero-order chi connectivity index (χ0) is 13.0. The molecule has 0 unspecified atom stereocenters. The fraction of sp³-hybridized carbons (Fsp3) is 0.500. The third-order valence-electron chi connectivity index (χ3n) is 2.86. The number of ether oxygens (including phenoxy) is 1. The molecule has 18 heavy (non-hydrogen) atoms. The Balaban J connectivity index is 1.88. The van der Waals surface area contributed by atoms with Gasteiger partial charge in [-0.05, 0) is 24.8 Å². The quantitative estimate of drug-likeness (QED) is 0.857. The molecule has 1 aromatic heterocycles. The molecule has 1 aliphatic heterocycles. The van der Waals surface area contributed by atoms with Gasteiger partial charge in [-0.15, -0.1) is 0 Å². The van der Waals surface area contributed by atoms with E-state index in [1.165, 1.54) is 6.20 Å². The van der Waals surface area contributed by atoms with Crippen LogP contribution in [0.3, 0.4) is 0 Å². The van der Waals surface area contributed by atoms with Crippen LogP contribution in [-0.2, 0) is 4.74 Å². The standard InChI is InChI=1S/C12H14ClFN2O2/c13-11-10(14)4-9(6-15-11)12(17)16-5-8-2-1-3-18-7-8/h4,6,8H,1-3,5,7H2,(H,16,17)/t8-/m0/s1. The summed E-state index contributed by atoms with van der Waals surface area (Å²) in [5.74, 6) is -0.707. The zero-order valence-electron chi connectivity index (χ0n) is 9.79. The van der Waals surface area contributed by atoms with E-state index in [0.717, 1.165) is 25.5 Å². The van der Waals surface area contributed by atoms with Crippen LogP contribution in [-0.4, -0.2) is 30.6 Å². The first-order valence-electron chi connectivity index (χ1n) is 5.84. The molecule has 1 saturated heterocycles. The number of carbonyl (C=O) groups is 1. The topological polar surface area (TPSA) is 51.2 Å². The van der Waals surface area contributed by atoms with E-state index in [0.29, 0.717) is 19.1 Å². The van der Waals surface area contributed by atoms with Crippen LogP contribution in [0.5, 0.6) is 0 Å². The van der Waals surface area contributed by atoms with Gasteiger partial charge in [-0.25, -0.2) is 9.37 Å². The number of rotatable bonds is 3. The number of nitrogens with zero attached hydrogens (tertiary/aromatic N) is 1. The summed E-state index contributed by atoms with van der Waals surface area (Å²) in [6.07, 6.45) is 3.31. The van der Waals surface area contributed by atoms with Crippen LogP contribution in [0.4, 0.5) is 4.39 Å². The van der Waals surface area contributed by atoms with Crippen LogP contribution in [0.1, 0.15) is 23.2 Å². The van der Waals surface area contributed by atoms with Gasteiger partial charge in [0.2, 0.25) is 0 Å². The predicted molar refractivity (Wildman–Crippen MR) is 65.1 cm³/mol. The van der Waals surface area contributed by atoms with Gasteiger partial charge in [0.05, 0.1) is 12.2 Å². The minimum atomic E-state index is -0.690. The first kappa shape index (κ1) is 13.2. The van der Waals surface area contributed by atoms with Gasteiger partial charge in [0, 0.05) is 19.3 Å². The molecule has 0 saturated carbocycles. The Labute approximate surface area is 109 Å². The van der Waals surface area contributed by atoms with Gasteiger partial charge in [-0.2, -0.15) is 0 Å². The van der Waals surface area contributed by atoms with Crippen molar-refractivity contribution < 1.29 is 13.9 Å². The molecule has 2 heterocycles. The lowest BCUT2D eigenvalue weighted by Crippen LogP contribution is -2.33. The number of aromatic nitrogens is 1. The van der Waals surface area contributed by atoms with Gasteiger partial charge in [0.25, 0.3) is 5.91 Å². The molecule has 0 radical (unpaired) electrons. The molecule has 98 valence electrons. The van der Waals surface area contributed by atoms with Crippen molar-refractivity contribution in [3.63, 3.8) is 0 Å². The summed E-state index contributed by atoms with van der Waals surface area (Å²) < 4.78 is 18.5. The average Bonchev–Trinajstić information content (AvgIpc) is 2.40. The Morgan fingerprint density at radius 1 is 1.67 bits per heavy atom. The molecule has 1 aromatic rings.